The summed E-state index contributed by atoms with van der Waals surface area (Å²) in [5, 5.41) is 0. The molecule has 2 aromatic rings. The number of benzene rings is 2. The summed E-state index contributed by atoms with van der Waals surface area (Å²) >= 11 is 0. The van der Waals surface area contributed by atoms with E-state index in [-0.39, 0.29) is 0 Å². The summed E-state index contributed by atoms with van der Waals surface area (Å²) in [6.07, 6.45) is 7.18. The van der Waals surface area contributed by atoms with Gasteiger partial charge in [-0.15, -0.1) is 0 Å². The smallest absolute Gasteiger partial charge is 0.0117 e. The summed E-state index contributed by atoms with van der Waals surface area (Å²) in [5.74, 6) is 0. The lowest BCUT2D eigenvalue weighted by Gasteiger charge is -2.22. The van der Waals surface area contributed by atoms with Crippen LogP contribution in [0.5, 0.6) is 0 Å². The largest absolute Gasteiger partial charge is 0.0651 e. The van der Waals surface area contributed by atoms with Crippen molar-refractivity contribution in [2.75, 3.05) is 0 Å². The van der Waals surface area contributed by atoms with Crippen LogP contribution in [0.2, 0.25) is 0 Å². The Morgan fingerprint density at radius 1 is 0.600 bits per heavy atom. The normalized spacial score (nSPS) is 11.2. The average Bonchev–Trinajstić information content (AvgIpc) is 2.58. The molecule has 0 aliphatic rings. The molecule has 0 unspecified atom stereocenters. The predicted octanol–water partition coefficient (Wildman–Crippen LogP) is 7.44. The lowest BCUT2D eigenvalue weighted by atomic mass is 9.83. The molecule has 0 fully saturated rings. The van der Waals surface area contributed by atoms with Gasteiger partial charge in [-0.25, -0.2) is 0 Å². The Morgan fingerprint density at radius 3 is 1.60 bits per heavy atom. The van der Waals surface area contributed by atoms with Gasteiger partial charge in [0.2, 0.25) is 0 Å². The Labute approximate surface area is 155 Å². The number of hydrogen-bond acceptors (Lipinski definition) is 0. The molecule has 2 aromatic carbocycles. The van der Waals surface area contributed by atoms with Gasteiger partial charge in [-0.2, -0.15) is 0 Å². The van der Waals surface area contributed by atoms with Crippen molar-refractivity contribution in [3.05, 3.63) is 57.1 Å². The molecule has 136 valence electrons. The summed E-state index contributed by atoms with van der Waals surface area (Å²) in [7, 11) is 0. The molecule has 0 radical (unpaired) electrons. The van der Waals surface area contributed by atoms with E-state index in [1.54, 1.807) is 11.1 Å². The molecule has 0 aliphatic carbocycles. The van der Waals surface area contributed by atoms with Crippen LogP contribution < -0.4 is 0 Å². The highest BCUT2D eigenvalue weighted by Crippen LogP contribution is 2.36. The fraction of sp³-hybridized carbons (Fsp3) is 0.520. The highest BCUT2D eigenvalue weighted by molar-refractivity contribution is 5.77. The van der Waals surface area contributed by atoms with E-state index in [0.29, 0.717) is 0 Å². The third kappa shape index (κ3) is 4.17. The monoisotopic (exact) mass is 336 g/mol. The highest BCUT2D eigenvalue weighted by atomic mass is 14.2. The summed E-state index contributed by atoms with van der Waals surface area (Å²) in [6, 6.07) is 7.42. The molecule has 25 heavy (non-hydrogen) atoms. The molecule has 0 atom stereocenters. The summed E-state index contributed by atoms with van der Waals surface area (Å²) in [4.78, 5) is 0. The molecule has 0 spiro atoms. The van der Waals surface area contributed by atoms with Gasteiger partial charge < -0.3 is 0 Å². The van der Waals surface area contributed by atoms with Gasteiger partial charge in [-0.1, -0.05) is 58.2 Å². The van der Waals surface area contributed by atoms with Crippen molar-refractivity contribution in [3.8, 4) is 11.1 Å². The number of aryl methyl sites for hydroxylation is 4. The third-order valence-electron chi connectivity index (χ3n) is 5.69. The van der Waals surface area contributed by atoms with Crippen LogP contribution in [0.3, 0.4) is 0 Å². The molecule has 0 aromatic heterocycles. The lowest BCUT2D eigenvalue weighted by Crippen LogP contribution is -2.03. The van der Waals surface area contributed by atoms with Gasteiger partial charge in [0.05, 0.1) is 0 Å². The van der Waals surface area contributed by atoms with Crippen LogP contribution in [0.25, 0.3) is 11.1 Å². The molecule has 0 bridgehead atoms. The van der Waals surface area contributed by atoms with Crippen LogP contribution in [-0.4, -0.2) is 0 Å². The van der Waals surface area contributed by atoms with Crippen LogP contribution >= 0.6 is 0 Å². The SMILES string of the molecule is CCCc1cc(CCC)c(-c2cc(C)c(C)c(C)c2C)c(CCC)c1. The van der Waals surface area contributed by atoms with E-state index in [1.807, 2.05) is 0 Å². The van der Waals surface area contributed by atoms with E-state index < -0.39 is 0 Å². The molecular formula is C25H36. The lowest BCUT2D eigenvalue weighted by molar-refractivity contribution is 0.873. The first-order chi connectivity index (χ1) is 11.9. The molecular weight excluding hydrogens is 300 g/mol. The van der Waals surface area contributed by atoms with Gasteiger partial charge in [0.25, 0.3) is 0 Å². The second-order valence-corrected chi connectivity index (χ2v) is 7.66. The minimum Gasteiger partial charge on any atom is -0.0651 e. The van der Waals surface area contributed by atoms with Crippen LogP contribution in [0.15, 0.2) is 18.2 Å². The zero-order valence-electron chi connectivity index (χ0n) is 17.5. The van der Waals surface area contributed by atoms with Crippen molar-refractivity contribution in [1.29, 1.82) is 0 Å². The molecule has 0 amide bonds. The minimum absolute atomic E-state index is 1.18. The van der Waals surface area contributed by atoms with Crippen molar-refractivity contribution in [3.63, 3.8) is 0 Å². The number of rotatable bonds is 7. The van der Waals surface area contributed by atoms with Gasteiger partial charge in [0, 0.05) is 0 Å². The first-order valence-electron chi connectivity index (χ1n) is 10.2. The molecule has 2 rings (SSSR count). The molecule has 0 heterocycles. The fourth-order valence-corrected chi connectivity index (χ4v) is 4.02. The zero-order chi connectivity index (χ0) is 18.6. The average molecular weight is 337 g/mol. The Kier molecular flexibility index (Phi) is 6.87. The molecule has 0 heteroatoms. The number of hydrogen-bond donors (Lipinski definition) is 0. The van der Waals surface area contributed by atoms with E-state index in [4.69, 9.17) is 0 Å². The summed E-state index contributed by atoms with van der Waals surface area (Å²) in [5.41, 5.74) is 13.4. The second kappa shape index (κ2) is 8.70. The minimum atomic E-state index is 1.18. The Hall–Kier alpha value is -1.56. The van der Waals surface area contributed by atoms with Crippen LogP contribution in [0, 0.1) is 27.7 Å². The van der Waals surface area contributed by atoms with Gasteiger partial charge in [-0.3, -0.25) is 0 Å². The quantitative estimate of drug-likeness (QED) is 0.492. The van der Waals surface area contributed by atoms with Gasteiger partial charge in [0.1, 0.15) is 0 Å². The standard InChI is InChI=1S/C25H36/c1-8-11-21-15-22(12-9-2)25(23(16-21)13-10-3)24-14-17(4)18(5)19(6)20(24)7/h14-16H,8-13H2,1-7H3. The van der Waals surface area contributed by atoms with Crippen molar-refractivity contribution in [2.24, 2.45) is 0 Å². The molecule has 0 saturated carbocycles. The fourth-order valence-electron chi connectivity index (χ4n) is 4.02. The molecule has 0 N–H and O–H groups in total. The van der Waals surface area contributed by atoms with E-state index >= 15 is 0 Å². The van der Waals surface area contributed by atoms with E-state index in [0.717, 1.165) is 0 Å². The predicted molar refractivity (Wildman–Crippen MR) is 113 cm³/mol. The summed E-state index contributed by atoms with van der Waals surface area (Å²) < 4.78 is 0. The van der Waals surface area contributed by atoms with Crippen molar-refractivity contribution < 1.29 is 0 Å². The Bertz CT molecular complexity index is 707. The second-order valence-electron chi connectivity index (χ2n) is 7.66. The Morgan fingerprint density at radius 2 is 1.12 bits per heavy atom. The first-order valence-corrected chi connectivity index (χ1v) is 10.2. The third-order valence-corrected chi connectivity index (χ3v) is 5.69. The highest BCUT2D eigenvalue weighted by Gasteiger charge is 2.16. The molecule has 0 nitrogen and oxygen atoms in total. The van der Waals surface area contributed by atoms with Crippen LogP contribution in [-0.2, 0) is 19.3 Å². The molecule has 0 aliphatic heterocycles. The first kappa shape index (κ1) is 19.8. The van der Waals surface area contributed by atoms with Gasteiger partial charge >= 0.3 is 0 Å². The summed E-state index contributed by atoms with van der Waals surface area (Å²) in [6.45, 7) is 16.0. The van der Waals surface area contributed by atoms with Crippen LogP contribution in [0.1, 0.15) is 79.0 Å². The van der Waals surface area contributed by atoms with Crippen LogP contribution in [0.4, 0.5) is 0 Å². The van der Waals surface area contributed by atoms with Gasteiger partial charge in [0.15, 0.2) is 0 Å². The Balaban J connectivity index is 2.78. The van der Waals surface area contributed by atoms with Crippen molar-refractivity contribution in [1.82, 2.24) is 0 Å². The maximum absolute atomic E-state index is 2.49. The van der Waals surface area contributed by atoms with Crippen molar-refractivity contribution in [2.45, 2.75) is 87.0 Å². The zero-order valence-corrected chi connectivity index (χ0v) is 17.5. The topological polar surface area (TPSA) is 0 Å². The van der Waals surface area contributed by atoms with Gasteiger partial charge in [-0.05, 0) is 97.0 Å². The maximum Gasteiger partial charge on any atom is -0.0117 e. The van der Waals surface area contributed by atoms with Crippen molar-refractivity contribution >= 4 is 0 Å². The maximum atomic E-state index is 2.49. The molecule has 0 saturated heterocycles. The van der Waals surface area contributed by atoms with E-state index in [9.17, 15) is 0 Å². The van der Waals surface area contributed by atoms with E-state index in [2.05, 4.69) is 66.7 Å². The van der Waals surface area contributed by atoms with E-state index in [1.165, 1.54) is 77.5 Å².